The van der Waals surface area contributed by atoms with E-state index in [4.69, 9.17) is 0 Å². The van der Waals surface area contributed by atoms with E-state index in [9.17, 15) is 4.79 Å². The molecular weight excluding hydrogens is 374 g/mol. The fourth-order valence-corrected chi connectivity index (χ4v) is 4.45. The molecule has 0 fully saturated rings. The lowest BCUT2D eigenvalue weighted by atomic mass is 10.1. The summed E-state index contributed by atoms with van der Waals surface area (Å²) in [6.07, 6.45) is 4.01. The number of fused-ring (bicyclic) bond motifs is 1. The van der Waals surface area contributed by atoms with Crippen molar-refractivity contribution >= 4 is 39.7 Å². The van der Waals surface area contributed by atoms with Gasteiger partial charge in [0.05, 0.1) is 11.3 Å². The van der Waals surface area contributed by atoms with Crippen LogP contribution in [-0.2, 0) is 0 Å². The van der Waals surface area contributed by atoms with Crippen LogP contribution in [0.2, 0.25) is 0 Å². The van der Waals surface area contributed by atoms with Crippen molar-refractivity contribution in [3.8, 4) is 11.3 Å². The van der Waals surface area contributed by atoms with Gasteiger partial charge in [-0.2, -0.15) is 0 Å². The third-order valence-corrected chi connectivity index (χ3v) is 5.88. The van der Waals surface area contributed by atoms with Crippen LogP contribution < -0.4 is 5.32 Å². The number of thiazole rings is 1. The maximum atomic E-state index is 12.7. The van der Waals surface area contributed by atoms with Crippen LogP contribution in [-0.4, -0.2) is 20.5 Å². The van der Waals surface area contributed by atoms with Gasteiger partial charge in [0.25, 0.3) is 5.91 Å². The molecule has 0 aliphatic carbocycles. The quantitative estimate of drug-likeness (QED) is 0.435. The number of amides is 1. The highest BCUT2D eigenvalue weighted by Crippen LogP contribution is 2.28. The van der Waals surface area contributed by atoms with Crippen molar-refractivity contribution < 1.29 is 4.79 Å². The average molecular weight is 394 g/mol. The minimum absolute atomic E-state index is 0.0889. The number of carbonyl (C=O) groups is 1. The summed E-state index contributed by atoms with van der Waals surface area (Å²) in [5.41, 5.74) is 3.43. The molecule has 2 heterocycles. The summed E-state index contributed by atoms with van der Waals surface area (Å²) in [4.78, 5) is 19.3. The largest absolute Gasteiger partial charge is 0.322 e. The third kappa shape index (κ3) is 3.91. The molecule has 4 rings (SSSR count). The van der Waals surface area contributed by atoms with Gasteiger partial charge < -0.3 is 5.32 Å². The number of imidazole rings is 1. The minimum Gasteiger partial charge on any atom is -0.322 e. The Morgan fingerprint density at radius 1 is 1.15 bits per heavy atom. The molecule has 136 valence electrons. The number of hydrogen-bond donors (Lipinski definition) is 1. The van der Waals surface area contributed by atoms with Crippen LogP contribution in [0.4, 0.5) is 5.69 Å². The molecule has 0 spiro atoms. The fraction of sp³-hybridized carbons (Fsp3) is 0.143. The minimum atomic E-state index is -0.0889. The number of rotatable bonds is 5. The molecule has 0 unspecified atom stereocenters. The van der Waals surface area contributed by atoms with Gasteiger partial charge in [-0.05, 0) is 24.3 Å². The molecule has 0 saturated carbocycles. The number of thioether (sulfide) groups is 1. The van der Waals surface area contributed by atoms with E-state index >= 15 is 0 Å². The van der Waals surface area contributed by atoms with Crippen LogP contribution in [0.1, 0.15) is 24.2 Å². The van der Waals surface area contributed by atoms with E-state index in [2.05, 4.69) is 24.1 Å². The molecule has 2 aromatic heterocycles. The Labute approximate surface area is 166 Å². The molecule has 0 atom stereocenters. The first kappa shape index (κ1) is 17.8. The normalized spacial score (nSPS) is 11.2. The molecule has 1 N–H and O–H groups in total. The van der Waals surface area contributed by atoms with E-state index in [1.54, 1.807) is 23.1 Å². The Morgan fingerprint density at radius 2 is 1.93 bits per heavy atom. The highest BCUT2D eigenvalue weighted by molar-refractivity contribution is 8.00. The molecule has 0 radical (unpaired) electrons. The van der Waals surface area contributed by atoms with Crippen molar-refractivity contribution in [1.29, 1.82) is 0 Å². The Balaban J connectivity index is 1.51. The maximum Gasteiger partial charge on any atom is 0.256 e. The average Bonchev–Trinajstić information content (AvgIpc) is 3.24. The summed E-state index contributed by atoms with van der Waals surface area (Å²) in [7, 11) is 0. The Kier molecular flexibility index (Phi) is 5.01. The molecule has 4 nitrogen and oxygen atoms in total. The van der Waals surface area contributed by atoms with Crippen molar-refractivity contribution in [2.75, 3.05) is 5.32 Å². The van der Waals surface area contributed by atoms with E-state index in [1.165, 1.54) is 0 Å². The molecule has 0 aliphatic heterocycles. The second-order valence-corrected chi connectivity index (χ2v) is 8.90. The highest BCUT2D eigenvalue weighted by Gasteiger charge is 2.13. The molecule has 0 aliphatic rings. The van der Waals surface area contributed by atoms with E-state index in [0.717, 1.165) is 26.8 Å². The number of aromatic nitrogens is 2. The second kappa shape index (κ2) is 7.58. The first-order valence-corrected chi connectivity index (χ1v) is 10.5. The zero-order chi connectivity index (χ0) is 18.8. The third-order valence-electron chi connectivity index (χ3n) is 4.03. The summed E-state index contributed by atoms with van der Waals surface area (Å²) in [6, 6.07) is 15.5. The Morgan fingerprint density at radius 3 is 2.67 bits per heavy atom. The zero-order valence-corrected chi connectivity index (χ0v) is 16.7. The Hall–Kier alpha value is -2.57. The molecule has 6 heteroatoms. The molecule has 27 heavy (non-hydrogen) atoms. The van der Waals surface area contributed by atoms with Gasteiger partial charge in [-0.25, -0.2) is 4.98 Å². The summed E-state index contributed by atoms with van der Waals surface area (Å²) in [5, 5.41) is 5.43. The van der Waals surface area contributed by atoms with Crippen LogP contribution in [0.15, 0.2) is 71.2 Å². The smallest absolute Gasteiger partial charge is 0.256 e. The number of carbonyl (C=O) groups excluding carboxylic acids is 1. The maximum absolute atomic E-state index is 12.7. The van der Waals surface area contributed by atoms with Crippen LogP contribution in [0, 0.1) is 0 Å². The lowest BCUT2D eigenvalue weighted by Gasteiger charge is -2.11. The molecule has 0 saturated heterocycles. The number of benzene rings is 2. The van der Waals surface area contributed by atoms with Gasteiger partial charge in [-0.3, -0.25) is 9.20 Å². The van der Waals surface area contributed by atoms with Crippen molar-refractivity contribution in [2.45, 2.75) is 24.0 Å². The summed E-state index contributed by atoms with van der Waals surface area (Å²) < 4.78 is 2.01. The van der Waals surface area contributed by atoms with Crippen LogP contribution in [0.5, 0.6) is 0 Å². The number of nitrogens with one attached hydrogen (secondary N) is 1. The van der Waals surface area contributed by atoms with Gasteiger partial charge in [0.2, 0.25) is 0 Å². The number of anilines is 1. The van der Waals surface area contributed by atoms with Gasteiger partial charge in [0, 0.05) is 39.2 Å². The predicted molar refractivity (Wildman–Crippen MR) is 114 cm³/mol. The van der Waals surface area contributed by atoms with Crippen LogP contribution >= 0.6 is 23.1 Å². The van der Waals surface area contributed by atoms with Gasteiger partial charge in [0.1, 0.15) is 0 Å². The van der Waals surface area contributed by atoms with Crippen molar-refractivity contribution in [2.24, 2.45) is 0 Å². The van der Waals surface area contributed by atoms with Gasteiger partial charge in [-0.15, -0.1) is 23.1 Å². The lowest BCUT2D eigenvalue weighted by Crippen LogP contribution is -2.13. The lowest BCUT2D eigenvalue weighted by molar-refractivity contribution is 0.102. The summed E-state index contributed by atoms with van der Waals surface area (Å²) in [6.45, 7) is 4.25. The molecule has 1 amide bonds. The highest BCUT2D eigenvalue weighted by atomic mass is 32.2. The molecule has 4 aromatic rings. The van der Waals surface area contributed by atoms with Crippen molar-refractivity contribution in [3.05, 3.63) is 71.9 Å². The van der Waals surface area contributed by atoms with Crippen molar-refractivity contribution in [3.63, 3.8) is 0 Å². The van der Waals surface area contributed by atoms with Crippen LogP contribution in [0.3, 0.4) is 0 Å². The van der Waals surface area contributed by atoms with Gasteiger partial charge in [-0.1, -0.05) is 38.1 Å². The predicted octanol–water partition coefficient (Wildman–Crippen LogP) is 5.82. The topological polar surface area (TPSA) is 46.4 Å². The molecular formula is C21H19N3OS2. The van der Waals surface area contributed by atoms with E-state index in [1.807, 2.05) is 70.7 Å². The molecule has 0 bridgehead atoms. The van der Waals surface area contributed by atoms with E-state index < -0.39 is 0 Å². The Bertz CT molecular complexity index is 1050. The van der Waals surface area contributed by atoms with E-state index in [0.29, 0.717) is 10.8 Å². The number of nitrogens with zero attached hydrogens (tertiary/aromatic N) is 2. The van der Waals surface area contributed by atoms with Gasteiger partial charge in [0.15, 0.2) is 4.96 Å². The zero-order valence-electron chi connectivity index (χ0n) is 15.0. The second-order valence-electron chi connectivity index (χ2n) is 6.41. The number of hydrogen-bond acceptors (Lipinski definition) is 4. The van der Waals surface area contributed by atoms with Crippen LogP contribution in [0.25, 0.3) is 16.2 Å². The van der Waals surface area contributed by atoms with Gasteiger partial charge >= 0.3 is 0 Å². The monoisotopic (exact) mass is 393 g/mol. The van der Waals surface area contributed by atoms with E-state index in [-0.39, 0.29) is 5.91 Å². The first-order chi connectivity index (χ1) is 13.1. The SMILES string of the molecule is CC(C)Sc1ccccc1C(=O)Nc1ccc(-c2cn3ccsc3n2)cc1. The summed E-state index contributed by atoms with van der Waals surface area (Å²) >= 11 is 3.31. The van der Waals surface area contributed by atoms with Crippen molar-refractivity contribution in [1.82, 2.24) is 9.38 Å². The first-order valence-electron chi connectivity index (χ1n) is 8.70. The fourth-order valence-electron chi connectivity index (χ4n) is 2.80. The summed E-state index contributed by atoms with van der Waals surface area (Å²) in [5.74, 6) is -0.0889. The standard InChI is InChI=1S/C21H19N3OS2/c1-14(2)27-19-6-4-3-5-17(19)20(25)22-16-9-7-15(8-10-16)18-13-24-11-12-26-21(24)23-18/h3-14H,1-2H3,(H,22,25). The molecule has 2 aromatic carbocycles.